The number of para-hydroxylation sites is 1. The van der Waals surface area contributed by atoms with Crippen molar-refractivity contribution in [2.24, 2.45) is 0 Å². The number of ether oxygens (including phenoxy) is 1. The Kier molecular flexibility index (Phi) is 2.99. The van der Waals surface area contributed by atoms with E-state index >= 15 is 0 Å². The van der Waals surface area contributed by atoms with Gasteiger partial charge in [0.25, 0.3) is 0 Å². The van der Waals surface area contributed by atoms with E-state index in [1.807, 2.05) is 54.6 Å². The summed E-state index contributed by atoms with van der Waals surface area (Å²) in [6, 6.07) is 17.4. The van der Waals surface area contributed by atoms with Gasteiger partial charge < -0.3 is 0 Å². The van der Waals surface area contributed by atoms with Gasteiger partial charge in [-0.15, -0.1) is 0 Å². The van der Waals surface area contributed by atoms with Gasteiger partial charge in [-0.1, -0.05) is 0 Å². The molecule has 102 valence electrons. The van der Waals surface area contributed by atoms with Crippen molar-refractivity contribution >= 4 is 20.3 Å². The number of nitrogens with zero attached hydrogens (tertiary/aromatic N) is 1. The summed E-state index contributed by atoms with van der Waals surface area (Å²) in [5.74, 6) is 0.719. The van der Waals surface area contributed by atoms with Crippen LogP contribution < -0.4 is 4.74 Å². The Labute approximate surface area is 128 Å². The number of hydrogen-bond acceptors (Lipinski definition) is 3. The number of rotatable bonds is 1. The molecule has 0 unspecified atom stereocenters. The fraction of sp³-hybridized carbons (Fsp3) is 0.0588. The summed E-state index contributed by atoms with van der Waals surface area (Å²) in [5.41, 5.74) is 2.52. The minimum atomic E-state index is -0.0609. The molecule has 0 amide bonds. The minimum absolute atomic E-state index is 0.0609. The number of carbonyl (C=O) groups is 1. The average Bonchev–Trinajstić information content (AvgIpc) is 2.92. The molecule has 0 saturated carbocycles. The summed E-state index contributed by atoms with van der Waals surface area (Å²) < 4.78 is 7.57. The van der Waals surface area contributed by atoms with Gasteiger partial charge in [0.1, 0.15) is 0 Å². The topological polar surface area (TPSA) is 39.2 Å². The molecule has 0 aliphatic carbocycles. The summed E-state index contributed by atoms with van der Waals surface area (Å²) >= 11 is -0.0609. The van der Waals surface area contributed by atoms with E-state index in [0.717, 1.165) is 20.3 Å². The first kappa shape index (κ1) is 12.6. The first-order valence-electron chi connectivity index (χ1n) is 6.64. The number of fused-ring (bicyclic) bond motifs is 2. The van der Waals surface area contributed by atoms with E-state index in [0.29, 0.717) is 17.9 Å². The summed E-state index contributed by atoms with van der Waals surface area (Å²) in [5, 5.41) is 0. The Balaban J connectivity index is 1.83. The molecule has 1 aromatic heterocycles. The molecule has 1 aliphatic rings. The second-order valence-electron chi connectivity index (χ2n) is 4.77. The molecule has 0 bridgehead atoms. The maximum atomic E-state index is 12.7. The van der Waals surface area contributed by atoms with Crippen LogP contribution in [0, 0.1) is 0 Å². The monoisotopic (exact) mass is 341 g/mol. The number of ketones is 1. The van der Waals surface area contributed by atoms with E-state index in [1.165, 1.54) is 0 Å². The molecule has 2 heterocycles. The number of carbonyl (C=O) groups excluding carboxylic acids is 1. The molecule has 0 fully saturated rings. The summed E-state index contributed by atoms with van der Waals surface area (Å²) in [4.78, 5) is 17.4. The van der Waals surface area contributed by atoms with E-state index < -0.39 is 0 Å². The van der Waals surface area contributed by atoms with Gasteiger partial charge in [0, 0.05) is 0 Å². The molecular formula is C17H11NO2Se. The van der Waals surface area contributed by atoms with Crippen molar-refractivity contribution in [1.29, 1.82) is 0 Å². The molecule has 4 rings (SSSR count). The Hall–Kier alpha value is -2.16. The van der Waals surface area contributed by atoms with Crippen LogP contribution in [0.2, 0.25) is 0 Å². The number of aromatic nitrogens is 1. The molecule has 0 saturated heterocycles. The van der Waals surface area contributed by atoms with E-state index in [4.69, 9.17) is 4.74 Å². The van der Waals surface area contributed by atoms with Crippen molar-refractivity contribution < 1.29 is 9.53 Å². The van der Waals surface area contributed by atoms with Crippen LogP contribution in [0.1, 0.15) is 20.5 Å². The number of hydrogen-bond donors (Lipinski definition) is 0. The second kappa shape index (κ2) is 4.99. The molecular weight excluding hydrogens is 329 g/mol. The summed E-state index contributed by atoms with van der Waals surface area (Å²) in [7, 11) is 0. The summed E-state index contributed by atoms with van der Waals surface area (Å²) in [6.07, 6.45) is 0. The van der Waals surface area contributed by atoms with Crippen LogP contribution in [0.25, 0.3) is 10.1 Å². The Morgan fingerprint density at radius 2 is 1.76 bits per heavy atom. The van der Waals surface area contributed by atoms with Crippen molar-refractivity contribution in [3.63, 3.8) is 0 Å². The van der Waals surface area contributed by atoms with Gasteiger partial charge in [-0.25, -0.2) is 0 Å². The van der Waals surface area contributed by atoms with Crippen LogP contribution in [0.5, 0.6) is 5.75 Å². The van der Waals surface area contributed by atoms with Crippen molar-refractivity contribution in [1.82, 2.24) is 4.98 Å². The van der Waals surface area contributed by atoms with Gasteiger partial charge in [-0.05, 0) is 0 Å². The van der Waals surface area contributed by atoms with E-state index in [-0.39, 0.29) is 20.3 Å². The molecule has 3 nitrogen and oxygen atoms in total. The van der Waals surface area contributed by atoms with Crippen LogP contribution in [-0.4, -0.2) is 25.3 Å². The van der Waals surface area contributed by atoms with Gasteiger partial charge in [0.2, 0.25) is 0 Å². The molecule has 2 aromatic carbocycles. The molecule has 21 heavy (non-hydrogen) atoms. The summed E-state index contributed by atoms with van der Waals surface area (Å²) in [6.45, 7) is 0.371. The van der Waals surface area contributed by atoms with Crippen molar-refractivity contribution in [3.8, 4) is 15.9 Å². The zero-order valence-corrected chi connectivity index (χ0v) is 12.8. The average molecular weight is 340 g/mol. The first-order valence-corrected chi connectivity index (χ1v) is 8.36. The third kappa shape index (κ3) is 2.13. The van der Waals surface area contributed by atoms with E-state index in [2.05, 4.69) is 4.98 Å². The first-order chi connectivity index (χ1) is 10.3. The second-order valence-corrected chi connectivity index (χ2v) is 6.87. The molecule has 0 N–H and O–H groups in total. The molecule has 4 heteroatoms. The third-order valence-corrected chi connectivity index (χ3v) is 5.82. The molecule has 0 atom stereocenters. The van der Waals surface area contributed by atoms with Crippen LogP contribution in [0.4, 0.5) is 0 Å². The van der Waals surface area contributed by atoms with Crippen LogP contribution in [0.15, 0.2) is 54.6 Å². The van der Waals surface area contributed by atoms with Gasteiger partial charge in [-0.2, -0.15) is 0 Å². The number of benzene rings is 2. The van der Waals surface area contributed by atoms with Crippen LogP contribution in [0.3, 0.4) is 0 Å². The predicted molar refractivity (Wildman–Crippen MR) is 80.8 cm³/mol. The van der Waals surface area contributed by atoms with Crippen molar-refractivity contribution in [2.45, 2.75) is 6.61 Å². The molecule has 1 aliphatic heterocycles. The van der Waals surface area contributed by atoms with Crippen LogP contribution in [-0.2, 0) is 6.61 Å². The maximum absolute atomic E-state index is 12.7. The molecule has 0 spiro atoms. The van der Waals surface area contributed by atoms with Gasteiger partial charge in [0.05, 0.1) is 0 Å². The van der Waals surface area contributed by atoms with Gasteiger partial charge >= 0.3 is 128 Å². The van der Waals surface area contributed by atoms with Crippen molar-refractivity contribution in [3.05, 3.63) is 70.3 Å². The predicted octanol–water partition coefficient (Wildman–Crippen LogP) is 2.93. The fourth-order valence-electron chi connectivity index (χ4n) is 2.38. The van der Waals surface area contributed by atoms with E-state index in [9.17, 15) is 4.79 Å². The molecule has 3 aromatic rings. The van der Waals surface area contributed by atoms with E-state index in [1.54, 1.807) is 0 Å². The third-order valence-electron chi connectivity index (χ3n) is 3.42. The standard InChI is InChI=1S/C17H11NO2Se/c19-15-12-8-4-5-9-14(12)20-10-13-16(15)21-17(18-13)11-6-2-1-3-7-11/h1-9H,10H2. The van der Waals surface area contributed by atoms with Gasteiger partial charge in [0.15, 0.2) is 0 Å². The molecule has 0 radical (unpaired) electrons. The van der Waals surface area contributed by atoms with Gasteiger partial charge in [-0.3, -0.25) is 0 Å². The fourth-order valence-corrected chi connectivity index (χ4v) is 4.54. The SMILES string of the molecule is O=C1c2ccccc2OCc2nc(-c3ccccc3)[se]c21. The zero-order chi connectivity index (χ0) is 14.2. The van der Waals surface area contributed by atoms with Crippen LogP contribution >= 0.6 is 0 Å². The zero-order valence-electron chi connectivity index (χ0n) is 11.1. The normalized spacial score (nSPS) is 13.0. The Morgan fingerprint density at radius 1 is 1.00 bits per heavy atom. The Bertz CT molecular complexity index is 824. The quantitative estimate of drug-likeness (QED) is 0.640. The van der Waals surface area contributed by atoms with Crippen molar-refractivity contribution in [2.75, 3.05) is 0 Å². The Morgan fingerprint density at radius 3 is 2.62 bits per heavy atom.